The smallest absolute Gasteiger partial charge is 0.304 e. The second-order valence-electron chi connectivity index (χ2n) is 6.18. The number of aliphatic carboxylic acids is 1. The first-order chi connectivity index (χ1) is 12.2. The number of rotatable bonds is 5. The molecule has 0 amide bonds. The molecule has 1 atom stereocenters. The van der Waals surface area contributed by atoms with Crippen LogP contribution in [0.5, 0.6) is 0 Å². The van der Waals surface area contributed by atoms with E-state index in [1.165, 1.54) is 0 Å². The molecule has 0 spiro atoms. The standard InChI is InChI=1S/C20H15NO4/c22-12-25-11-20(10-18(23)24)15-7-3-2-6-14(15)19-16(20)9-13-5-1-4-8-17(13)21-19/h1-9,12H,10-11H2,(H,23,24). The minimum Gasteiger partial charge on any atom is -0.481 e. The van der Waals surface area contributed by atoms with E-state index >= 15 is 0 Å². The topological polar surface area (TPSA) is 76.5 Å². The van der Waals surface area contributed by atoms with Crippen molar-refractivity contribution in [1.29, 1.82) is 0 Å². The zero-order valence-corrected chi connectivity index (χ0v) is 13.3. The highest BCUT2D eigenvalue weighted by molar-refractivity contribution is 5.89. The van der Waals surface area contributed by atoms with Gasteiger partial charge in [0.25, 0.3) is 6.47 Å². The number of benzene rings is 2. The maximum absolute atomic E-state index is 11.6. The van der Waals surface area contributed by atoms with Gasteiger partial charge in [0.1, 0.15) is 6.61 Å². The number of para-hydroxylation sites is 1. The van der Waals surface area contributed by atoms with Crippen molar-refractivity contribution in [1.82, 2.24) is 4.98 Å². The molecule has 1 aromatic heterocycles. The molecule has 3 aromatic rings. The number of ether oxygens (including phenoxy) is 1. The summed E-state index contributed by atoms with van der Waals surface area (Å²) in [5.74, 6) is -0.953. The SMILES string of the molecule is O=COCC1(CC(=O)O)c2ccccc2-c2nc3ccccc3cc21. The molecule has 0 fully saturated rings. The molecule has 1 aliphatic rings. The van der Waals surface area contributed by atoms with Crippen LogP contribution in [-0.4, -0.2) is 29.1 Å². The fraction of sp³-hybridized carbons (Fsp3) is 0.150. The molecule has 4 rings (SSSR count). The molecule has 1 N–H and O–H groups in total. The fourth-order valence-electron chi connectivity index (χ4n) is 3.77. The number of fused-ring (bicyclic) bond motifs is 4. The summed E-state index contributed by atoms with van der Waals surface area (Å²) in [7, 11) is 0. The fourth-order valence-corrected chi connectivity index (χ4v) is 3.77. The number of hydrogen-bond acceptors (Lipinski definition) is 4. The summed E-state index contributed by atoms with van der Waals surface area (Å²) in [6.07, 6.45) is -0.176. The lowest BCUT2D eigenvalue weighted by atomic mass is 9.76. The van der Waals surface area contributed by atoms with Crippen LogP contribution in [0.3, 0.4) is 0 Å². The number of carboxylic acid groups (broad SMARTS) is 1. The van der Waals surface area contributed by atoms with Gasteiger partial charge in [0, 0.05) is 10.9 Å². The Bertz CT molecular complexity index is 998. The van der Waals surface area contributed by atoms with Gasteiger partial charge in [0.15, 0.2) is 0 Å². The summed E-state index contributed by atoms with van der Waals surface area (Å²) in [5.41, 5.74) is 3.17. The van der Waals surface area contributed by atoms with Crippen molar-refractivity contribution in [2.24, 2.45) is 0 Å². The molecule has 1 heterocycles. The van der Waals surface area contributed by atoms with E-state index in [4.69, 9.17) is 9.72 Å². The van der Waals surface area contributed by atoms with Gasteiger partial charge in [0.05, 0.1) is 23.0 Å². The van der Waals surface area contributed by atoms with E-state index in [2.05, 4.69) is 0 Å². The summed E-state index contributed by atoms with van der Waals surface area (Å²) in [4.78, 5) is 27.3. The van der Waals surface area contributed by atoms with Gasteiger partial charge in [-0.25, -0.2) is 4.98 Å². The highest BCUT2D eigenvalue weighted by Crippen LogP contribution is 2.50. The molecule has 0 saturated heterocycles. The molecule has 0 radical (unpaired) electrons. The minimum atomic E-state index is -0.953. The van der Waals surface area contributed by atoms with Crippen LogP contribution >= 0.6 is 0 Å². The molecule has 0 saturated carbocycles. The maximum Gasteiger partial charge on any atom is 0.304 e. The van der Waals surface area contributed by atoms with Crippen LogP contribution in [0.1, 0.15) is 17.5 Å². The summed E-state index contributed by atoms with van der Waals surface area (Å²) in [5, 5.41) is 10.5. The molecule has 1 unspecified atom stereocenters. The lowest BCUT2D eigenvalue weighted by molar-refractivity contribution is -0.140. The number of carboxylic acids is 1. The molecule has 2 aromatic carbocycles. The largest absolute Gasteiger partial charge is 0.481 e. The minimum absolute atomic E-state index is 0.0349. The molecular formula is C20H15NO4. The van der Waals surface area contributed by atoms with E-state index in [0.717, 1.165) is 33.3 Å². The van der Waals surface area contributed by atoms with Crippen LogP contribution in [0.4, 0.5) is 0 Å². The molecule has 0 aliphatic heterocycles. The Hall–Kier alpha value is -3.21. The Labute approximate surface area is 143 Å². The third-order valence-corrected chi connectivity index (χ3v) is 4.79. The van der Waals surface area contributed by atoms with Crippen LogP contribution in [0.2, 0.25) is 0 Å². The zero-order chi connectivity index (χ0) is 17.4. The van der Waals surface area contributed by atoms with Gasteiger partial charge < -0.3 is 9.84 Å². The second kappa shape index (κ2) is 5.70. The Morgan fingerprint density at radius 2 is 1.88 bits per heavy atom. The number of pyridine rings is 1. The molecule has 5 nitrogen and oxygen atoms in total. The predicted molar refractivity (Wildman–Crippen MR) is 92.2 cm³/mol. The summed E-state index contributed by atoms with van der Waals surface area (Å²) >= 11 is 0. The summed E-state index contributed by atoms with van der Waals surface area (Å²) in [6.45, 7) is 0.325. The van der Waals surface area contributed by atoms with Gasteiger partial charge in [-0.3, -0.25) is 9.59 Å². The summed E-state index contributed by atoms with van der Waals surface area (Å²) in [6, 6.07) is 17.3. The van der Waals surface area contributed by atoms with Crippen molar-refractivity contribution in [2.45, 2.75) is 11.8 Å². The lowest BCUT2D eigenvalue weighted by Crippen LogP contribution is -2.34. The Balaban J connectivity index is 2.05. The predicted octanol–water partition coefficient (Wildman–Crippen LogP) is 3.15. The molecule has 5 heteroatoms. The van der Waals surface area contributed by atoms with Crippen molar-refractivity contribution < 1.29 is 19.4 Å². The van der Waals surface area contributed by atoms with Gasteiger partial charge in [-0.05, 0) is 23.3 Å². The normalized spacial score (nSPS) is 17.8. The van der Waals surface area contributed by atoms with E-state index in [1.807, 2.05) is 54.6 Å². The lowest BCUT2D eigenvalue weighted by Gasteiger charge is -2.29. The van der Waals surface area contributed by atoms with Crippen LogP contribution < -0.4 is 0 Å². The zero-order valence-electron chi connectivity index (χ0n) is 13.3. The van der Waals surface area contributed by atoms with E-state index < -0.39 is 11.4 Å². The first-order valence-corrected chi connectivity index (χ1v) is 7.93. The van der Waals surface area contributed by atoms with Gasteiger partial charge >= 0.3 is 5.97 Å². The van der Waals surface area contributed by atoms with Gasteiger partial charge in [-0.1, -0.05) is 42.5 Å². The van der Waals surface area contributed by atoms with Crippen molar-refractivity contribution in [3.63, 3.8) is 0 Å². The molecular weight excluding hydrogens is 318 g/mol. The molecule has 1 aliphatic carbocycles. The number of hydrogen-bond donors (Lipinski definition) is 1. The quantitative estimate of drug-likeness (QED) is 0.726. The average Bonchev–Trinajstić information content (AvgIpc) is 2.88. The highest BCUT2D eigenvalue weighted by atomic mass is 16.5. The average molecular weight is 333 g/mol. The van der Waals surface area contributed by atoms with Crippen LogP contribution in [0.15, 0.2) is 54.6 Å². The molecule has 0 bridgehead atoms. The number of carbonyl (C=O) groups is 2. The maximum atomic E-state index is 11.6. The Kier molecular flexibility index (Phi) is 3.50. The van der Waals surface area contributed by atoms with Crippen molar-refractivity contribution in [3.8, 4) is 11.3 Å². The van der Waals surface area contributed by atoms with Crippen molar-refractivity contribution >= 4 is 23.3 Å². The van der Waals surface area contributed by atoms with E-state index in [-0.39, 0.29) is 13.0 Å². The first kappa shape index (κ1) is 15.3. The van der Waals surface area contributed by atoms with Gasteiger partial charge in [-0.15, -0.1) is 0 Å². The van der Waals surface area contributed by atoms with Crippen molar-refractivity contribution in [2.75, 3.05) is 6.61 Å². The van der Waals surface area contributed by atoms with E-state index in [9.17, 15) is 14.7 Å². The van der Waals surface area contributed by atoms with E-state index in [0.29, 0.717) is 6.47 Å². The monoisotopic (exact) mass is 333 g/mol. The Morgan fingerprint density at radius 1 is 1.12 bits per heavy atom. The summed E-state index contributed by atoms with van der Waals surface area (Å²) < 4.78 is 5.08. The van der Waals surface area contributed by atoms with Crippen LogP contribution in [-0.2, 0) is 19.7 Å². The molecule has 124 valence electrons. The number of nitrogens with zero attached hydrogens (tertiary/aromatic N) is 1. The third-order valence-electron chi connectivity index (χ3n) is 4.79. The van der Waals surface area contributed by atoms with Crippen LogP contribution in [0, 0.1) is 0 Å². The van der Waals surface area contributed by atoms with Crippen molar-refractivity contribution in [3.05, 3.63) is 65.7 Å². The van der Waals surface area contributed by atoms with E-state index in [1.54, 1.807) is 0 Å². The highest BCUT2D eigenvalue weighted by Gasteiger charge is 2.46. The van der Waals surface area contributed by atoms with Gasteiger partial charge in [-0.2, -0.15) is 0 Å². The number of carbonyl (C=O) groups excluding carboxylic acids is 1. The van der Waals surface area contributed by atoms with Gasteiger partial charge in [0.2, 0.25) is 0 Å². The first-order valence-electron chi connectivity index (χ1n) is 7.93. The van der Waals surface area contributed by atoms with Crippen LogP contribution in [0.25, 0.3) is 22.2 Å². The number of aromatic nitrogens is 1. The Morgan fingerprint density at radius 3 is 2.68 bits per heavy atom. The molecule has 25 heavy (non-hydrogen) atoms. The third kappa shape index (κ3) is 2.28. The second-order valence-corrected chi connectivity index (χ2v) is 6.18.